The quantitative estimate of drug-likeness (QED) is 0.771. The summed E-state index contributed by atoms with van der Waals surface area (Å²) in [5.74, 6) is 0. The number of rotatable bonds is 2. The zero-order valence-corrected chi connectivity index (χ0v) is 8.78. The molecule has 1 nitrogen and oxygen atoms in total. The second-order valence-electron chi connectivity index (χ2n) is 4.06. The van der Waals surface area contributed by atoms with Crippen molar-refractivity contribution in [1.82, 2.24) is 0 Å². The standard InChI is InChI=1S/C11H17NS/c12-9-11(5-2-1-3-6-11)10-4-7-13-8-10/h4,7-8H,1-3,5-6,9,12H2. The van der Waals surface area contributed by atoms with Crippen molar-refractivity contribution in [2.45, 2.75) is 37.5 Å². The fourth-order valence-corrected chi connectivity index (χ4v) is 3.18. The molecular formula is C11H17NS. The van der Waals surface area contributed by atoms with Gasteiger partial charge >= 0.3 is 0 Å². The lowest BCUT2D eigenvalue weighted by molar-refractivity contribution is 0.301. The monoisotopic (exact) mass is 195 g/mol. The van der Waals surface area contributed by atoms with Crippen molar-refractivity contribution in [3.63, 3.8) is 0 Å². The smallest absolute Gasteiger partial charge is 0.00837 e. The molecule has 2 rings (SSSR count). The third-order valence-corrected chi connectivity index (χ3v) is 4.02. The Balaban J connectivity index is 2.23. The zero-order valence-electron chi connectivity index (χ0n) is 7.96. The first kappa shape index (κ1) is 9.22. The van der Waals surface area contributed by atoms with Gasteiger partial charge in [-0.25, -0.2) is 0 Å². The minimum absolute atomic E-state index is 0.332. The number of thiophene rings is 1. The number of hydrogen-bond donors (Lipinski definition) is 1. The maximum Gasteiger partial charge on any atom is 0.00837 e. The minimum atomic E-state index is 0.332. The van der Waals surface area contributed by atoms with Gasteiger partial charge in [-0.1, -0.05) is 19.3 Å². The minimum Gasteiger partial charge on any atom is -0.330 e. The highest BCUT2D eigenvalue weighted by Crippen LogP contribution is 2.39. The molecule has 1 fully saturated rings. The van der Waals surface area contributed by atoms with Crippen LogP contribution in [0.3, 0.4) is 0 Å². The lowest BCUT2D eigenvalue weighted by Crippen LogP contribution is -2.36. The van der Waals surface area contributed by atoms with Gasteiger partial charge in [-0.2, -0.15) is 11.3 Å². The summed E-state index contributed by atoms with van der Waals surface area (Å²) in [7, 11) is 0. The summed E-state index contributed by atoms with van der Waals surface area (Å²) >= 11 is 1.79. The average Bonchev–Trinajstić information content (AvgIpc) is 2.72. The van der Waals surface area contributed by atoms with Crippen LogP contribution in [0.15, 0.2) is 16.8 Å². The molecule has 13 heavy (non-hydrogen) atoms. The molecule has 0 unspecified atom stereocenters. The van der Waals surface area contributed by atoms with Crippen molar-refractivity contribution in [3.8, 4) is 0 Å². The summed E-state index contributed by atoms with van der Waals surface area (Å²) in [6.07, 6.45) is 6.69. The molecule has 1 aromatic rings. The SMILES string of the molecule is NCC1(c2ccsc2)CCCCC1. The molecule has 0 aliphatic heterocycles. The Bertz CT molecular complexity index is 247. The van der Waals surface area contributed by atoms with Crippen LogP contribution in [0.5, 0.6) is 0 Å². The van der Waals surface area contributed by atoms with E-state index >= 15 is 0 Å². The second-order valence-corrected chi connectivity index (χ2v) is 4.84. The van der Waals surface area contributed by atoms with Gasteiger partial charge in [0.25, 0.3) is 0 Å². The van der Waals surface area contributed by atoms with Gasteiger partial charge in [-0.3, -0.25) is 0 Å². The summed E-state index contributed by atoms with van der Waals surface area (Å²) in [6, 6.07) is 2.25. The van der Waals surface area contributed by atoms with Gasteiger partial charge in [0, 0.05) is 12.0 Å². The molecule has 0 saturated heterocycles. The molecule has 2 heteroatoms. The first-order valence-corrected chi connectivity index (χ1v) is 6.04. The van der Waals surface area contributed by atoms with Crippen LogP contribution in [0.25, 0.3) is 0 Å². The lowest BCUT2D eigenvalue weighted by Gasteiger charge is -2.35. The summed E-state index contributed by atoms with van der Waals surface area (Å²) in [6.45, 7) is 0.823. The third kappa shape index (κ3) is 1.65. The van der Waals surface area contributed by atoms with Gasteiger partial charge in [0.2, 0.25) is 0 Å². The van der Waals surface area contributed by atoms with E-state index in [1.165, 1.54) is 37.7 Å². The third-order valence-electron chi connectivity index (χ3n) is 3.33. The molecule has 1 aliphatic carbocycles. The molecular weight excluding hydrogens is 178 g/mol. The topological polar surface area (TPSA) is 26.0 Å². The lowest BCUT2D eigenvalue weighted by atomic mass is 9.70. The van der Waals surface area contributed by atoms with Crippen LogP contribution in [0.2, 0.25) is 0 Å². The normalized spacial score (nSPS) is 21.6. The summed E-state index contributed by atoms with van der Waals surface area (Å²) in [5.41, 5.74) is 7.75. The Hall–Kier alpha value is -0.340. The zero-order chi connectivity index (χ0) is 9.15. The number of nitrogens with two attached hydrogens (primary N) is 1. The van der Waals surface area contributed by atoms with Crippen molar-refractivity contribution >= 4 is 11.3 Å². The maximum absolute atomic E-state index is 5.93. The predicted octanol–water partition coefficient (Wildman–Crippen LogP) is 2.91. The predicted molar refractivity (Wildman–Crippen MR) is 58.1 cm³/mol. The van der Waals surface area contributed by atoms with Crippen LogP contribution in [-0.2, 0) is 5.41 Å². The fourth-order valence-electron chi connectivity index (χ4n) is 2.41. The molecule has 1 saturated carbocycles. The van der Waals surface area contributed by atoms with Crippen LogP contribution in [-0.4, -0.2) is 6.54 Å². The van der Waals surface area contributed by atoms with E-state index in [-0.39, 0.29) is 0 Å². The molecule has 0 aromatic carbocycles. The van der Waals surface area contributed by atoms with Crippen molar-refractivity contribution in [3.05, 3.63) is 22.4 Å². The maximum atomic E-state index is 5.93. The van der Waals surface area contributed by atoms with E-state index in [9.17, 15) is 0 Å². The van der Waals surface area contributed by atoms with Crippen molar-refractivity contribution in [1.29, 1.82) is 0 Å². The van der Waals surface area contributed by atoms with Crippen LogP contribution in [0.4, 0.5) is 0 Å². The van der Waals surface area contributed by atoms with E-state index in [1.54, 1.807) is 11.3 Å². The van der Waals surface area contributed by atoms with Crippen molar-refractivity contribution in [2.75, 3.05) is 6.54 Å². The average molecular weight is 195 g/mol. The molecule has 0 bridgehead atoms. The van der Waals surface area contributed by atoms with E-state index in [1.807, 2.05) is 0 Å². The number of hydrogen-bond acceptors (Lipinski definition) is 2. The van der Waals surface area contributed by atoms with Crippen LogP contribution in [0.1, 0.15) is 37.7 Å². The molecule has 1 aliphatic rings. The van der Waals surface area contributed by atoms with E-state index in [2.05, 4.69) is 16.8 Å². The van der Waals surface area contributed by atoms with Gasteiger partial charge in [0.05, 0.1) is 0 Å². The summed E-state index contributed by atoms with van der Waals surface area (Å²) in [4.78, 5) is 0. The van der Waals surface area contributed by atoms with Gasteiger partial charge in [0.1, 0.15) is 0 Å². The Morgan fingerprint density at radius 3 is 2.62 bits per heavy atom. The molecule has 1 heterocycles. The molecule has 0 spiro atoms. The van der Waals surface area contributed by atoms with Crippen LogP contribution >= 0.6 is 11.3 Å². The fraction of sp³-hybridized carbons (Fsp3) is 0.636. The first-order chi connectivity index (χ1) is 6.37. The summed E-state index contributed by atoms with van der Waals surface area (Å²) in [5, 5.41) is 4.44. The Labute approximate surface area is 84.0 Å². The largest absolute Gasteiger partial charge is 0.330 e. The van der Waals surface area contributed by atoms with E-state index < -0.39 is 0 Å². The highest BCUT2D eigenvalue weighted by Gasteiger charge is 2.32. The Morgan fingerprint density at radius 1 is 1.31 bits per heavy atom. The van der Waals surface area contributed by atoms with E-state index in [0.717, 1.165) is 6.54 Å². The van der Waals surface area contributed by atoms with E-state index in [0.29, 0.717) is 5.41 Å². The van der Waals surface area contributed by atoms with Crippen LogP contribution in [0, 0.1) is 0 Å². The van der Waals surface area contributed by atoms with Gasteiger partial charge in [-0.15, -0.1) is 0 Å². The second kappa shape index (κ2) is 3.81. The van der Waals surface area contributed by atoms with Gasteiger partial charge in [-0.05, 0) is 35.2 Å². The van der Waals surface area contributed by atoms with Crippen LogP contribution < -0.4 is 5.73 Å². The molecule has 72 valence electrons. The van der Waals surface area contributed by atoms with Crippen molar-refractivity contribution in [2.24, 2.45) is 5.73 Å². The summed E-state index contributed by atoms with van der Waals surface area (Å²) < 4.78 is 0. The molecule has 0 amide bonds. The highest BCUT2D eigenvalue weighted by atomic mass is 32.1. The van der Waals surface area contributed by atoms with Gasteiger partial charge in [0.15, 0.2) is 0 Å². The molecule has 1 aromatic heterocycles. The van der Waals surface area contributed by atoms with Gasteiger partial charge < -0.3 is 5.73 Å². The Morgan fingerprint density at radius 2 is 2.08 bits per heavy atom. The highest BCUT2D eigenvalue weighted by molar-refractivity contribution is 7.08. The molecule has 0 radical (unpaired) electrons. The van der Waals surface area contributed by atoms with E-state index in [4.69, 9.17) is 5.73 Å². The molecule has 0 atom stereocenters. The molecule has 2 N–H and O–H groups in total. The first-order valence-electron chi connectivity index (χ1n) is 5.10. The Kier molecular flexibility index (Phi) is 2.70. The van der Waals surface area contributed by atoms with Crippen molar-refractivity contribution < 1.29 is 0 Å².